The fourth-order valence-electron chi connectivity index (χ4n) is 3.29. The molecule has 0 atom stereocenters. The Kier molecular flexibility index (Phi) is 6.82. The van der Waals surface area contributed by atoms with Gasteiger partial charge in [0.15, 0.2) is 6.61 Å². The van der Waals surface area contributed by atoms with Gasteiger partial charge in [-0.15, -0.1) is 0 Å². The molecule has 0 fully saturated rings. The number of hydrogen-bond acceptors (Lipinski definition) is 6. The predicted octanol–water partition coefficient (Wildman–Crippen LogP) is 4.66. The molecule has 28 heavy (non-hydrogen) atoms. The van der Waals surface area contributed by atoms with Gasteiger partial charge in [0.2, 0.25) is 0 Å². The topological polar surface area (TPSA) is 77.5 Å². The number of ether oxygens (including phenoxy) is 2. The average Bonchev–Trinajstić information content (AvgIpc) is 3.06. The Morgan fingerprint density at radius 2 is 1.75 bits per heavy atom. The Morgan fingerprint density at radius 3 is 2.32 bits per heavy atom. The van der Waals surface area contributed by atoms with Gasteiger partial charge in [0.05, 0.1) is 7.11 Å². The zero-order valence-electron chi connectivity index (χ0n) is 17.3. The minimum atomic E-state index is -0.483. The van der Waals surface area contributed by atoms with Crippen LogP contribution in [-0.4, -0.2) is 30.0 Å². The van der Waals surface area contributed by atoms with Crippen molar-refractivity contribution in [3.05, 3.63) is 40.8 Å². The lowest BCUT2D eigenvalue weighted by atomic mass is 9.72. The first-order valence-corrected chi connectivity index (χ1v) is 9.86. The highest BCUT2D eigenvalue weighted by Gasteiger charge is 2.27. The van der Waals surface area contributed by atoms with Crippen LogP contribution in [0.1, 0.15) is 56.3 Å². The van der Waals surface area contributed by atoms with Crippen molar-refractivity contribution >= 4 is 29.2 Å². The number of amides is 1. The maximum absolute atomic E-state index is 12.0. The minimum Gasteiger partial charge on any atom is -0.484 e. The van der Waals surface area contributed by atoms with E-state index in [0.717, 1.165) is 18.0 Å². The molecule has 6 nitrogen and oxygen atoms in total. The highest BCUT2D eigenvalue weighted by Crippen LogP contribution is 2.36. The van der Waals surface area contributed by atoms with Gasteiger partial charge in [-0.3, -0.25) is 4.79 Å². The number of rotatable bonds is 7. The summed E-state index contributed by atoms with van der Waals surface area (Å²) in [5.74, 6) is 0.0971. The molecule has 1 heterocycles. The highest BCUT2D eigenvalue weighted by atomic mass is 32.1. The summed E-state index contributed by atoms with van der Waals surface area (Å²) >= 11 is 0.966. The number of esters is 1. The third kappa shape index (κ3) is 6.34. The van der Waals surface area contributed by atoms with Gasteiger partial charge < -0.3 is 14.8 Å². The van der Waals surface area contributed by atoms with E-state index in [1.54, 1.807) is 0 Å². The van der Waals surface area contributed by atoms with Crippen molar-refractivity contribution in [1.29, 1.82) is 0 Å². The molecular formula is C21H28N2O4S. The van der Waals surface area contributed by atoms with Crippen LogP contribution in [0.5, 0.6) is 5.75 Å². The third-order valence-electron chi connectivity index (χ3n) is 4.14. The van der Waals surface area contributed by atoms with Crippen LogP contribution in [-0.2, 0) is 14.9 Å². The van der Waals surface area contributed by atoms with Gasteiger partial charge in [-0.2, -0.15) is 4.37 Å². The quantitative estimate of drug-likeness (QED) is 0.679. The van der Waals surface area contributed by atoms with Crippen LogP contribution < -0.4 is 10.1 Å². The summed E-state index contributed by atoms with van der Waals surface area (Å²) in [6.07, 6.45) is 1.06. The second-order valence-corrected chi connectivity index (χ2v) is 9.36. The van der Waals surface area contributed by atoms with Gasteiger partial charge in [-0.05, 0) is 46.5 Å². The van der Waals surface area contributed by atoms with Crippen LogP contribution in [0.3, 0.4) is 0 Å². The summed E-state index contributed by atoms with van der Waals surface area (Å²) in [6.45, 7) is 11.0. The molecule has 0 radical (unpaired) electrons. The van der Waals surface area contributed by atoms with E-state index in [4.69, 9.17) is 4.74 Å². The van der Waals surface area contributed by atoms with Crippen molar-refractivity contribution in [2.75, 3.05) is 19.0 Å². The lowest BCUT2D eigenvalue weighted by molar-refractivity contribution is -0.118. The summed E-state index contributed by atoms with van der Waals surface area (Å²) < 4.78 is 14.2. The number of anilines is 1. The molecular weight excluding hydrogens is 376 g/mol. The molecule has 7 heteroatoms. The predicted molar refractivity (Wildman–Crippen MR) is 111 cm³/mol. The SMILES string of the molecule is COC(=O)c1cc(NC(=O)COc2ccc(C(C)(C)CC(C)(C)C)cc2)ns1. The first kappa shape index (κ1) is 21.9. The number of benzene rings is 1. The zero-order valence-corrected chi connectivity index (χ0v) is 18.1. The molecule has 0 bridgehead atoms. The molecule has 0 unspecified atom stereocenters. The molecule has 2 rings (SSSR count). The zero-order chi connectivity index (χ0) is 20.9. The third-order valence-corrected chi connectivity index (χ3v) is 4.91. The summed E-state index contributed by atoms with van der Waals surface area (Å²) in [5, 5.41) is 2.60. The lowest BCUT2D eigenvalue weighted by Gasteiger charge is -2.33. The highest BCUT2D eigenvalue weighted by molar-refractivity contribution is 7.08. The standard InChI is InChI=1S/C21H28N2O4S/c1-20(2,3)13-21(4,5)14-7-9-15(10-8-14)27-12-18(24)22-17-11-16(28-23-17)19(25)26-6/h7-11H,12-13H2,1-6H3,(H,22,23,24). The van der Waals surface area contributed by atoms with Crippen molar-refractivity contribution in [1.82, 2.24) is 4.37 Å². The maximum atomic E-state index is 12.0. The molecule has 0 aliphatic carbocycles. The largest absolute Gasteiger partial charge is 0.484 e. The van der Waals surface area contributed by atoms with Gasteiger partial charge >= 0.3 is 5.97 Å². The summed E-state index contributed by atoms with van der Waals surface area (Å²) in [4.78, 5) is 23.8. The van der Waals surface area contributed by atoms with Crippen LogP contribution in [0.4, 0.5) is 5.82 Å². The summed E-state index contributed by atoms with van der Waals surface area (Å²) in [6, 6.07) is 9.32. The molecule has 1 aromatic heterocycles. The van der Waals surface area contributed by atoms with Gasteiger partial charge in [-0.1, -0.05) is 46.8 Å². The van der Waals surface area contributed by atoms with Gasteiger partial charge in [0.1, 0.15) is 16.4 Å². The van der Waals surface area contributed by atoms with E-state index in [9.17, 15) is 9.59 Å². The number of carbonyl (C=O) groups excluding carboxylic acids is 2. The molecule has 2 aromatic rings. The fourth-order valence-corrected chi connectivity index (χ4v) is 3.91. The number of hydrogen-bond donors (Lipinski definition) is 1. The minimum absolute atomic E-state index is 0.0517. The van der Waals surface area contributed by atoms with Gasteiger partial charge in [-0.25, -0.2) is 4.79 Å². The van der Waals surface area contributed by atoms with Gasteiger partial charge in [0.25, 0.3) is 5.91 Å². The van der Waals surface area contributed by atoms with Crippen molar-refractivity contribution in [3.63, 3.8) is 0 Å². The number of aromatic nitrogens is 1. The van der Waals surface area contributed by atoms with E-state index in [2.05, 4.69) is 49.0 Å². The second kappa shape index (κ2) is 8.73. The normalized spacial score (nSPS) is 11.8. The first-order valence-electron chi connectivity index (χ1n) is 9.08. The summed E-state index contributed by atoms with van der Waals surface area (Å²) in [7, 11) is 1.30. The number of nitrogens with zero attached hydrogens (tertiary/aromatic N) is 1. The van der Waals surface area contributed by atoms with Crippen molar-refractivity contribution in [2.24, 2.45) is 5.41 Å². The van der Waals surface area contributed by atoms with Crippen LogP contribution in [0.25, 0.3) is 0 Å². The first-order chi connectivity index (χ1) is 13.0. The average molecular weight is 405 g/mol. The Morgan fingerprint density at radius 1 is 1.11 bits per heavy atom. The Bertz CT molecular complexity index is 820. The van der Waals surface area contributed by atoms with Crippen LogP contribution in [0, 0.1) is 5.41 Å². The smallest absolute Gasteiger partial charge is 0.349 e. The molecule has 1 aromatic carbocycles. The molecule has 0 aliphatic rings. The molecule has 0 spiro atoms. The maximum Gasteiger partial charge on any atom is 0.349 e. The number of carbonyl (C=O) groups is 2. The van der Waals surface area contributed by atoms with E-state index < -0.39 is 5.97 Å². The van der Waals surface area contributed by atoms with E-state index in [0.29, 0.717) is 16.4 Å². The molecule has 0 aliphatic heterocycles. The van der Waals surface area contributed by atoms with E-state index >= 15 is 0 Å². The van der Waals surface area contributed by atoms with E-state index in [1.807, 2.05) is 24.3 Å². The molecule has 0 saturated heterocycles. The Labute approximate surface area is 170 Å². The molecule has 0 saturated carbocycles. The van der Waals surface area contributed by atoms with Crippen LogP contribution in [0.2, 0.25) is 0 Å². The van der Waals surface area contributed by atoms with Crippen molar-refractivity contribution in [3.8, 4) is 5.75 Å². The van der Waals surface area contributed by atoms with E-state index in [-0.39, 0.29) is 23.3 Å². The Hall–Kier alpha value is -2.41. The fraction of sp³-hybridized carbons (Fsp3) is 0.476. The monoisotopic (exact) mass is 404 g/mol. The summed E-state index contributed by atoms with van der Waals surface area (Å²) in [5.41, 5.74) is 1.52. The molecule has 152 valence electrons. The van der Waals surface area contributed by atoms with Crippen LogP contribution >= 0.6 is 11.5 Å². The second-order valence-electron chi connectivity index (χ2n) is 8.55. The Balaban J connectivity index is 1.90. The van der Waals surface area contributed by atoms with Crippen molar-refractivity contribution in [2.45, 2.75) is 46.5 Å². The van der Waals surface area contributed by atoms with Crippen LogP contribution in [0.15, 0.2) is 30.3 Å². The molecule has 1 amide bonds. The molecule has 1 N–H and O–H groups in total. The van der Waals surface area contributed by atoms with Crippen molar-refractivity contribution < 1.29 is 19.1 Å². The lowest BCUT2D eigenvalue weighted by Crippen LogP contribution is -2.24. The number of nitrogens with one attached hydrogen (secondary N) is 1. The van der Waals surface area contributed by atoms with E-state index in [1.165, 1.54) is 18.7 Å². The van der Waals surface area contributed by atoms with Gasteiger partial charge in [0, 0.05) is 6.07 Å². The number of methoxy groups -OCH3 is 1.